The molecule has 0 bridgehead atoms. The zero-order valence-corrected chi connectivity index (χ0v) is 16.5. The molecule has 0 atom stereocenters. The largest absolute Gasteiger partial charge is 0.462 e. The normalized spacial score (nSPS) is 11.5. The van der Waals surface area contributed by atoms with Crippen LogP contribution in [0.25, 0.3) is 21.2 Å². The minimum atomic E-state index is -0.338. The highest BCUT2D eigenvalue weighted by atomic mass is 32.1. The third kappa shape index (κ3) is 3.34. The molecule has 7 nitrogen and oxygen atoms in total. The van der Waals surface area contributed by atoms with Gasteiger partial charge in [-0.1, -0.05) is 17.2 Å². The van der Waals surface area contributed by atoms with Crippen LogP contribution in [0, 0.1) is 0 Å². The average molecular weight is 394 g/mol. The number of benzene rings is 2. The molecule has 0 saturated heterocycles. The maximum absolute atomic E-state index is 12.2. The Labute approximate surface area is 165 Å². The van der Waals surface area contributed by atoms with Gasteiger partial charge in [0.1, 0.15) is 16.1 Å². The molecule has 28 heavy (non-hydrogen) atoms. The first-order valence-electron chi connectivity index (χ1n) is 8.75. The van der Waals surface area contributed by atoms with Gasteiger partial charge >= 0.3 is 12.0 Å². The molecule has 0 aliphatic carbocycles. The van der Waals surface area contributed by atoms with E-state index in [1.165, 1.54) is 11.3 Å². The summed E-state index contributed by atoms with van der Waals surface area (Å²) >= 11 is 1.34. The number of azo groups is 1. The summed E-state index contributed by atoms with van der Waals surface area (Å²) in [6.07, 6.45) is 0. The molecule has 142 valence electrons. The fourth-order valence-electron chi connectivity index (χ4n) is 2.87. The molecule has 0 saturated carbocycles. The second-order valence-corrected chi connectivity index (χ2v) is 7.29. The highest BCUT2D eigenvalue weighted by Crippen LogP contribution is 2.40. The van der Waals surface area contributed by atoms with Crippen molar-refractivity contribution in [1.82, 2.24) is 4.98 Å². The van der Waals surface area contributed by atoms with Gasteiger partial charge in [-0.25, -0.2) is 4.79 Å². The van der Waals surface area contributed by atoms with Gasteiger partial charge in [0.15, 0.2) is 5.58 Å². The lowest BCUT2D eigenvalue weighted by Gasteiger charge is -2.13. The third-order valence-corrected chi connectivity index (χ3v) is 5.26. The van der Waals surface area contributed by atoms with E-state index in [9.17, 15) is 4.79 Å². The number of anilines is 1. The van der Waals surface area contributed by atoms with Crippen LogP contribution in [-0.4, -0.2) is 31.7 Å². The van der Waals surface area contributed by atoms with Crippen molar-refractivity contribution in [3.8, 4) is 0 Å². The smallest absolute Gasteiger partial charge is 0.348 e. The van der Waals surface area contributed by atoms with E-state index >= 15 is 0 Å². The summed E-state index contributed by atoms with van der Waals surface area (Å²) in [5.74, 6) is -0.338. The van der Waals surface area contributed by atoms with E-state index in [-0.39, 0.29) is 12.0 Å². The zero-order valence-electron chi connectivity index (χ0n) is 15.7. The quantitative estimate of drug-likeness (QED) is 0.320. The highest BCUT2D eigenvalue weighted by Gasteiger charge is 2.17. The predicted molar refractivity (Wildman–Crippen MR) is 110 cm³/mol. The van der Waals surface area contributed by atoms with Crippen molar-refractivity contribution >= 4 is 55.9 Å². The van der Waals surface area contributed by atoms with Crippen molar-refractivity contribution in [2.45, 2.75) is 6.92 Å². The van der Waals surface area contributed by atoms with Gasteiger partial charge in [-0.3, -0.25) is 0 Å². The first-order chi connectivity index (χ1) is 13.6. The second kappa shape index (κ2) is 7.40. The number of esters is 1. The van der Waals surface area contributed by atoms with Crippen molar-refractivity contribution < 1.29 is 13.9 Å². The number of hydrogen-bond acceptors (Lipinski definition) is 8. The van der Waals surface area contributed by atoms with Crippen molar-refractivity contribution in [2.24, 2.45) is 10.2 Å². The number of carbonyl (C=O) groups is 1. The number of aromatic nitrogens is 1. The summed E-state index contributed by atoms with van der Waals surface area (Å²) in [5, 5.41) is 9.40. The van der Waals surface area contributed by atoms with E-state index in [0.717, 1.165) is 21.3 Å². The van der Waals surface area contributed by atoms with E-state index in [2.05, 4.69) is 15.2 Å². The number of rotatable bonds is 5. The van der Waals surface area contributed by atoms with Gasteiger partial charge in [0.05, 0.1) is 11.3 Å². The Morgan fingerprint density at radius 2 is 2.04 bits per heavy atom. The van der Waals surface area contributed by atoms with Gasteiger partial charge in [-0.15, -0.1) is 16.5 Å². The molecule has 0 aliphatic rings. The number of fused-ring (bicyclic) bond motifs is 2. The monoisotopic (exact) mass is 394 g/mol. The average Bonchev–Trinajstić information content (AvgIpc) is 3.30. The molecular formula is C20H18N4O3S. The van der Waals surface area contributed by atoms with Crippen LogP contribution in [0.15, 0.2) is 57.1 Å². The minimum absolute atomic E-state index is 0.188. The molecule has 0 radical (unpaired) electrons. The summed E-state index contributed by atoms with van der Waals surface area (Å²) in [6.45, 7) is 2.12. The third-order valence-electron chi connectivity index (χ3n) is 4.12. The van der Waals surface area contributed by atoms with Crippen molar-refractivity contribution in [3.05, 3.63) is 47.3 Å². The molecule has 4 aromatic rings. The van der Waals surface area contributed by atoms with Crippen LogP contribution >= 0.6 is 11.3 Å². The zero-order chi connectivity index (χ0) is 19.7. The standard InChI is InChI=1S/C20H18N4O3S/c1-4-26-19(25)17-11-12-15(24(2)3)10-9-14(18(12)28-17)22-23-20-21-13-7-5-6-8-16(13)27-20/h5-11H,4H2,1-3H3/b23-22+. The molecule has 0 fully saturated rings. The van der Waals surface area contributed by atoms with Crippen LogP contribution in [0.1, 0.15) is 16.6 Å². The van der Waals surface area contributed by atoms with Gasteiger partial charge in [-0.05, 0) is 37.3 Å². The number of carbonyl (C=O) groups excluding carboxylic acids is 1. The molecule has 0 aliphatic heterocycles. The molecule has 2 aromatic heterocycles. The van der Waals surface area contributed by atoms with Crippen LogP contribution in [-0.2, 0) is 4.74 Å². The fraction of sp³-hybridized carbons (Fsp3) is 0.200. The van der Waals surface area contributed by atoms with Crippen molar-refractivity contribution in [2.75, 3.05) is 25.6 Å². The number of hydrogen-bond donors (Lipinski definition) is 0. The summed E-state index contributed by atoms with van der Waals surface area (Å²) < 4.78 is 11.6. The maximum Gasteiger partial charge on any atom is 0.348 e. The second-order valence-electron chi connectivity index (χ2n) is 6.24. The van der Waals surface area contributed by atoms with Crippen LogP contribution in [0.2, 0.25) is 0 Å². The molecule has 2 heterocycles. The van der Waals surface area contributed by atoms with Gasteiger partial charge in [0, 0.05) is 25.2 Å². The summed E-state index contributed by atoms with van der Waals surface area (Å²) in [4.78, 5) is 19.0. The number of ether oxygens (including phenoxy) is 1. The van der Waals surface area contributed by atoms with Crippen molar-refractivity contribution in [3.63, 3.8) is 0 Å². The van der Waals surface area contributed by atoms with Gasteiger partial charge in [0.25, 0.3) is 0 Å². The van der Waals surface area contributed by atoms with Crippen molar-refractivity contribution in [1.29, 1.82) is 0 Å². The van der Waals surface area contributed by atoms with E-state index in [1.54, 1.807) is 6.92 Å². The molecular weight excluding hydrogens is 376 g/mol. The molecule has 0 spiro atoms. The topological polar surface area (TPSA) is 80.3 Å². The summed E-state index contributed by atoms with van der Waals surface area (Å²) in [6, 6.07) is 13.3. The Hall–Kier alpha value is -3.26. The lowest BCUT2D eigenvalue weighted by Crippen LogP contribution is -2.08. The lowest BCUT2D eigenvalue weighted by molar-refractivity contribution is 0.0532. The highest BCUT2D eigenvalue weighted by molar-refractivity contribution is 7.21. The molecule has 0 N–H and O–H groups in total. The fourth-order valence-corrected chi connectivity index (χ4v) is 3.89. The Balaban J connectivity index is 1.77. The van der Waals surface area contributed by atoms with E-state index in [0.29, 0.717) is 22.8 Å². The summed E-state index contributed by atoms with van der Waals surface area (Å²) in [5.41, 5.74) is 3.02. The predicted octanol–water partition coefficient (Wildman–Crippen LogP) is 5.70. The van der Waals surface area contributed by atoms with Gasteiger partial charge in [0.2, 0.25) is 0 Å². The molecule has 2 aromatic carbocycles. The van der Waals surface area contributed by atoms with E-state index in [1.807, 2.05) is 61.5 Å². The summed E-state index contributed by atoms with van der Waals surface area (Å²) in [7, 11) is 3.91. The Kier molecular flexibility index (Phi) is 4.79. The molecule has 8 heteroatoms. The van der Waals surface area contributed by atoms with Crippen LogP contribution in [0.4, 0.5) is 17.4 Å². The van der Waals surface area contributed by atoms with Gasteiger partial charge in [-0.2, -0.15) is 4.98 Å². The van der Waals surface area contributed by atoms with Gasteiger partial charge < -0.3 is 14.1 Å². The number of thiophene rings is 1. The van der Waals surface area contributed by atoms with E-state index < -0.39 is 0 Å². The van der Waals surface area contributed by atoms with Crippen LogP contribution in [0.3, 0.4) is 0 Å². The molecule has 0 unspecified atom stereocenters. The Bertz CT molecular complexity index is 1160. The number of nitrogens with zero attached hydrogens (tertiary/aromatic N) is 4. The van der Waals surface area contributed by atoms with Crippen LogP contribution < -0.4 is 4.90 Å². The minimum Gasteiger partial charge on any atom is -0.462 e. The SMILES string of the molecule is CCOC(=O)c1cc2c(N(C)C)ccc(/N=N/c3nc4ccccc4o3)c2s1. The first kappa shape index (κ1) is 18.1. The number of oxazole rings is 1. The first-order valence-corrected chi connectivity index (χ1v) is 9.56. The molecule has 0 amide bonds. The Morgan fingerprint density at radius 3 is 2.79 bits per heavy atom. The van der Waals surface area contributed by atoms with E-state index in [4.69, 9.17) is 9.15 Å². The Morgan fingerprint density at radius 1 is 1.21 bits per heavy atom. The maximum atomic E-state index is 12.2. The number of para-hydroxylation sites is 2. The lowest BCUT2D eigenvalue weighted by atomic mass is 10.2. The van der Waals surface area contributed by atoms with Crippen LogP contribution in [0.5, 0.6) is 0 Å². The molecule has 4 rings (SSSR count).